The molecule has 0 amide bonds. The molecule has 0 aliphatic carbocycles. The second kappa shape index (κ2) is 6.21. The third-order valence-corrected chi connectivity index (χ3v) is 2.80. The van der Waals surface area contributed by atoms with Crippen molar-refractivity contribution in [2.75, 3.05) is 6.61 Å². The van der Waals surface area contributed by atoms with Gasteiger partial charge in [-0.3, -0.25) is 0 Å². The van der Waals surface area contributed by atoms with E-state index in [2.05, 4.69) is 6.58 Å². The predicted octanol–water partition coefficient (Wildman–Crippen LogP) is 3.72. The van der Waals surface area contributed by atoms with Gasteiger partial charge in [-0.25, -0.2) is 0 Å². The fraction of sp³-hybridized carbons (Fsp3) is 0.176. The molecule has 1 atom stereocenters. The lowest BCUT2D eigenvalue weighted by Crippen LogP contribution is -2.05. The van der Waals surface area contributed by atoms with Crippen LogP contribution in [-0.2, 0) is 0 Å². The zero-order valence-electron chi connectivity index (χ0n) is 11.0. The molecule has 2 aromatic rings. The lowest BCUT2D eigenvalue weighted by Gasteiger charge is -2.16. The van der Waals surface area contributed by atoms with Crippen LogP contribution in [0.4, 0.5) is 0 Å². The van der Waals surface area contributed by atoms with E-state index in [0.29, 0.717) is 12.4 Å². The number of ether oxygens (including phenoxy) is 1. The second-order valence-corrected chi connectivity index (χ2v) is 4.60. The van der Waals surface area contributed by atoms with Crippen LogP contribution in [0, 0.1) is 0 Å². The molecule has 0 saturated heterocycles. The summed E-state index contributed by atoms with van der Waals surface area (Å²) in [4.78, 5) is 0. The van der Waals surface area contributed by atoms with Crippen molar-refractivity contribution >= 4 is 0 Å². The molecule has 0 spiro atoms. The van der Waals surface area contributed by atoms with Crippen molar-refractivity contribution in [3.05, 3.63) is 77.9 Å². The maximum atomic E-state index is 10.4. The number of rotatable bonds is 5. The highest BCUT2D eigenvalue weighted by Gasteiger charge is 2.14. The first-order chi connectivity index (χ1) is 9.18. The largest absolute Gasteiger partial charge is 0.489 e. The predicted molar refractivity (Wildman–Crippen MR) is 77.3 cm³/mol. The summed E-state index contributed by atoms with van der Waals surface area (Å²) in [5.74, 6) is 0.696. The van der Waals surface area contributed by atoms with E-state index in [4.69, 9.17) is 4.74 Å². The fourth-order valence-electron chi connectivity index (χ4n) is 1.85. The van der Waals surface area contributed by atoms with Gasteiger partial charge in [-0.1, -0.05) is 55.1 Å². The van der Waals surface area contributed by atoms with Gasteiger partial charge in [-0.05, 0) is 24.1 Å². The summed E-state index contributed by atoms with van der Waals surface area (Å²) in [7, 11) is 0. The SMILES string of the molecule is C=C(C)COc1ccccc1C(O)c1ccccc1. The molecule has 0 fully saturated rings. The van der Waals surface area contributed by atoms with Crippen LogP contribution >= 0.6 is 0 Å². The standard InChI is InChI=1S/C17H18O2/c1-13(2)12-19-16-11-7-6-10-15(16)17(18)14-8-4-3-5-9-14/h3-11,17-18H,1,12H2,2H3. The smallest absolute Gasteiger partial charge is 0.125 e. The lowest BCUT2D eigenvalue weighted by molar-refractivity contribution is 0.212. The van der Waals surface area contributed by atoms with E-state index in [1.165, 1.54) is 0 Å². The van der Waals surface area contributed by atoms with Crippen molar-refractivity contribution in [2.45, 2.75) is 13.0 Å². The van der Waals surface area contributed by atoms with E-state index in [1.54, 1.807) is 0 Å². The summed E-state index contributed by atoms with van der Waals surface area (Å²) in [5, 5.41) is 10.4. The maximum absolute atomic E-state index is 10.4. The van der Waals surface area contributed by atoms with Crippen LogP contribution < -0.4 is 4.74 Å². The van der Waals surface area contributed by atoms with Gasteiger partial charge in [0.2, 0.25) is 0 Å². The molecular weight excluding hydrogens is 236 g/mol. The molecule has 2 aromatic carbocycles. The van der Waals surface area contributed by atoms with Crippen molar-refractivity contribution < 1.29 is 9.84 Å². The van der Waals surface area contributed by atoms with Crippen molar-refractivity contribution in [1.29, 1.82) is 0 Å². The fourth-order valence-corrected chi connectivity index (χ4v) is 1.85. The molecule has 98 valence electrons. The lowest BCUT2D eigenvalue weighted by atomic mass is 10.0. The van der Waals surface area contributed by atoms with Gasteiger partial charge in [-0.15, -0.1) is 0 Å². The summed E-state index contributed by atoms with van der Waals surface area (Å²) >= 11 is 0. The van der Waals surface area contributed by atoms with Gasteiger partial charge in [0.1, 0.15) is 18.5 Å². The van der Waals surface area contributed by atoms with Gasteiger partial charge < -0.3 is 9.84 Å². The Morgan fingerprint density at radius 1 is 1.11 bits per heavy atom. The molecule has 1 unspecified atom stereocenters. The first kappa shape index (κ1) is 13.4. The van der Waals surface area contributed by atoms with E-state index < -0.39 is 6.10 Å². The topological polar surface area (TPSA) is 29.5 Å². The van der Waals surface area contributed by atoms with Gasteiger partial charge in [0.15, 0.2) is 0 Å². The molecular formula is C17H18O2. The quantitative estimate of drug-likeness (QED) is 0.824. The zero-order valence-corrected chi connectivity index (χ0v) is 11.0. The summed E-state index contributed by atoms with van der Waals surface area (Å²) in [5.41, 5.74) is 2.58. The number of benzene rings is 2. The molecule has 0 aliphatic heterocycles. The number of hydrogen-bond donors (Lipinski definition) is 1. The van der Waals surface area contributed by atoms with Crippen LogP contribution in [0.5, 0.6) is 5.75 Å². The average Bonchev–Trinajstić information content (AvgIpc) is 2.45. The van der Waals surface area contributed by atoms with Gasteiger partial charge in [0.25, 0.3) is 0 Å². The molecule has 2 nitrogen and oxygen atoms in total. The van der Waals surface area contributed by atoms with Crippen LogP contribution in [0.15, 0.2) is 66.7 Å². The van der Waals surface area contributed by atoms with E-state index in [1.807, 2.05) is 61.5 Å². The Bertz CT molecular complexity index is 546. The highest BCUT2D eigenvalue weighted by Crippen LogP contribution is 2.29. The van der Waals surface area contributed by atoms with Crippen LogP contribution in [0.2, 0.25) is 0 Å². The summed E-state index contributed by atoms with van der Waals surface area (Å²) in [6, 6.07) is 17.1. The molecule has 2 heteroatoms. The van der Waals surface area contributed by atoms with Gasteiger partial charge in [0.05, 0.1) is 0 Å². The Hall–Kier alpha value is -2.06. The minimum Gasteiger partial charge on any atom is -0.489 e. The molecule has 0 aromatic heterocycles. The molecule has 0 radical (unpaired) electrons. The minimum atomic E-state index is -0.678. The van der Waals surface area contributed by atoms with Crippen LogP contribution in [0.25, 0.3) is 0 Å². The minimum absolute atomic E-state index is 0.457. The Morgan fingerprint density at radius 3 is 2.42 bits per heavy atom. The normalized spacial score (nSPS) is 11.9. The molecule has 0 heterocycles. The van der Waals surface area contributed by atoms with Crippen LogP contribution in [0.1, 0.15) is 24.2 Å². The van der Waals surface area contributed by atoms with Gasteiger partial charge in [-0.2, -0.15) is 0 Å². The Balaban J connectivity index is 2.26. The van der Waals surface area contributed by atoms with Crippen LogP contribution in [-0.4, -0.2) is 11.7 Å². The Labute approximate surface area is 114 Å². The van der Waals surface area contributed by atoms with E-state index in [-0.39, 0.29) is 0 Å². The van der Waals surface area contributed by atoms with Crippen LogP contribution in [0.3, 0.4) is 0 Å². The maximum Gasteiger partial charge on any atom is 0.125 e. The third kappa shape index (κ3) is 3.46. The first-order valence-electron chi connectivity index (χ1n) is 6.27. The van der Waals surface area contributed by atoms with E-state index >= 15 is 0 Å². The number of hydrogen-bond acceptors (Lipinski definition) is 2. The van der Waals surface area contributed by atoms with Crippen molar-refractivity contribution in [2.24, 2.45) is 0 Å². The number of para-hydroxylation sites is 1. The summed E-state index contributed by atoms with van der Waals surface area (Å²) in [6.45, 7) is 6.19. The van der Waals surface area contributed by atoms with Crippen molar-refractivity contribution in [3.8, 4) is 5.75 Å². The summed E-state index contributed by atoms with van der Waals surface area (Å²) in [6.07, 6.45) is -0.678. The van der Waals surface area contributed by atoms with Crippen molar-refractivity contribution in [3.63, 3.8) is 0 Å². The highest BCUT2D eigenvalue weighted by molar-refractivity contribution is 5.40. The van der Waals surface area contributed by atoms with Crippen molar-refractivity contribution in [1.82, 2.24) is 0 Å². The molecule has 0 saturated carbocycles. The number of aliphatic hydroxyl groups excluding tert-OH is 1. The molecule has 0 aliphatic rings. The van der Waals surface area contributed by atoms with Gasteiger partial charge in [0, 0.05) is 5.56 Å². The first-order valence-corrected chi connectivity index (χ1v) is 6.27. The monoisotopic (exact) mass is 254 g/mol. The van der Waals surface area contributed by atoms with Gasteiger partial charge >= 0.3 is 0 Å². The highest BCUT2D eigenvalue weighted by atomic mass is 16.5. The Kier molecular flexibility index (Phi) is 4.37. The zero-order chi connectivity index (χ0) is 13.7. The molecule has 0 bridgehead atoms. The Morgan fingerprint density at radius 2 is 1.74 bits per heavy atom. The second-order valence-electron chi connectivity index (χ2n) is 4.60. The number of aliphatic hydroxyl groups is 1. The van der Waals surface area contributed by atoms with E-state index in [0.717, 1.165) is 16.7 Å². The molecule has 1 N–H and O–H groups in total. The molecule has 19 heavy (non-hydrogen) atoms. The molecule has 2 rings (SSSR count). The summed E-state index contributed by atoms with van der Waals surface area (Å²) < 4.78 is 5.68. The third-order valence-electron chi connectivity index (χ3n) is 2.80. The average molecular weight is 254 g/mol. The van der Waals surface area contributed by atoms with E-state index in [9.17, 15) is 5.11 Å².